The third-order valence-electron chi connectivity index (χ3n) is 5.03. The number of nitrogens with zero attached hydrogens (tertiary/aromatic N) is 7. The van der Waals surface area contributed by atoms with Gasteiger partial charge in [-0.3, -0.25) is 9.78 Å². The van der Waals surface area contributed by atoms with Gasteiger partial charge in [0.15, 0.2) is 21.3 Å². The summed E-state index contributed by atoms with van der Waals surface area (Å²) in [5, 5.41) is 5.42. The Bertz CT molecular complexity index is 1250. The van der Waals surface area contributed by atoms with E-state index in [0.717, 1.165) is 48.2 Å². The van der Waals surface area contributed by atoms with E-state index < -0.39 is 0 Å². The minimum Gasteiger partial charge on any atom is -0.345 e. The van der Waals surface area contributed by atoms with Crippen LogP contribution in [-0.2, 0) is 0 Å². The molecule has 0 amide bonds. The molecule has 4 aromatic heterocycles. The number of aromatic nitrogens is 6. The Kier molecular flexibility index (Phi) is 3.91. The molecule has 1 aliphatic rings. The quantitative estimate of drug-likeness (QED) is 0.548. The topological polar surface area (TPSA) is 95.3 Å². The highest BCUT2D eigenvalue weighted by Crippen LogP contribution is 2.28. The van der Waals surface area contributed by atoms with Crippen LogP contribution in [0, 0.1) is 13.8 Å². The molecule has 1 aliphatic heterocycles. The highest BCUT2D eigenvalue weighted by Gasteiger charge is 2.20. The Balaban J connectivity index is 1.58. The van der Waals surface area contributed by atoms with E-state index in [2.05, 4.69) is 41.9 Å². The molecular formula is C18H20N8OS. The molecule has 0 aliphatic carbocycles. The Hall–Kier alpha value is -2.85. The van der Waals surface area contributed by atoms with Gasteiger partial charge in [0.1, 0.15) is 5.69 Å². The average molecular weight is 396 g/mol. The van der Waals surface area contributed by atoms with Crippen LogP contribution >= 0.6 is 11.3 Å². The Morgan fingerprint density at radius 3 is 2.68 bits per heavy atom. The van der Waals surface area contributed by atoms with Gasteiger partial charge in [0.2, 0.25) is 0 Å². The van der Waals surface area contributed by atoms with E-state index in [-0.39, 0.29) is 5.56 Å². The predicted octanol–water partition coefficient (Wildman–Crippen LogP) is 1.46. The lowest BCUT2D eigenvalue weighted by atomic mass is 10.3. The van der Waals surface area contributed by atoms with Gasteiger partial charge >= 0.3 is 0 Å². The van der Waals surface area contributed by atoms with E-state index in [4.69, 9.17) is 0 Å². The van der Waals surface area contributed by atoms with E-state index in [1.54, 1.807) is 4.52 Å². The lowest BCUT2D eigenvalue weighted by Gasteiger charge is -2.31. The van der Waals surface area contributed by atoms with Gasteiger partial charge in [-0.05, 0) is 27.0 Å². The molecule has 1 N–H and O–H groups in total. The standard InChI is InChI=1S/C18H20N8OS/c1-10-9-26-13(11(2)19-10)8-12(23-26)15-21-16(27)14-17(22-15)28-18(20-14)25-6-4-24(3)5-7-25/h8-9H,4-7H2,1-3H3,(H,21,22,27). The molecule has 9 nitrogen and oxygen atoms in total. The van der Waals surface area contributed by atoms with Crippen LogP contribution in [-0.4, -0.2) is 67.7 Å². The van der Waals surface area contributed by atoms with Gasteiger partial charge in [-0.25, -0.2) is 14.5 Å². The first-order valence-corrected chi connectivity index (χ1v) is 9.98. The first-order valence-electron chi connectivity index (χ1n) is 9.16. The van der Waals surface area contributed by atoms with Crippen LogP contribution in [0.4, 0.5) is 5.13 Å². The number of fused-ring (bicyclic) bond motifs is 2. The molecule has 10 heteroatoms. The molecule has 1 fully saturated rings. The minimum atomic E-state index is -0.236. The molecule has 28 heavy (non-hydrogen) atoms. The zero-order valence-electron chi connectivity index (χ0n) is 15.9. The van der Waals surface area contributed by atoms with Crippen molar-refractivity contribution in [3.05, 3.63) is 34.0 Å². The SMILES string of the molecule is Cc1cn2nc(-c3nc4sc(N5CCN(C)CC5)nc4c(=O)[nH]3)cc2c(C)n1. The maximum Gasteiger partial charge on any atom is 0.278 e. The number of likely N-dealkylation sites (N-methyl/N-ethyl adjacent to an activating group) is 1. The van der Waals surface area contributed by atoms with Crippen molar-refractivity contribution in [1.29, 1.82) is 0 Å². The summed E-state index contributed by atoms with van der Waals surface area (Å²) in [5.41, 5.74) is 3.43. The third-order valence-corrected chi connectivity index (χ3v) is 6.04. The van der Waals surface area contributed by atoms with E-state index in [1.807, 2.05) is 26.1 Å². The van der Waals surface area contributed by atoms with Crippen LogP contribution in [0.5, 0.6) is 0 Å². The lowest BCUT2D eigenvalue weighted by molar-refractivity contribution is 0.313. The maximum atomic E-state index is 12.6. The number of aryl methyl sites for hydroxylation is 2. The van der Waals surface area contributed by atoms with Gasteiger partial charge in [-0.1, -0.05) is 11.3 Å². The number of anilines is 1. The molecule has 144 valence electrons. The number of aromatic amines is 1. The van der Waals surface area contributed by atoms with Gasteiger partial charge in [-0.2, -0.15) is 5.10 Å². The largest absolute Gasteiger partial charge is 0.345 e. The normalized spacial score (nSPS) is 15.8. The summed E-state index contributed by atoms with van der Waals surface area (Å²) in [6.45, 7) is 7.65. The Morgan fingerprint density at radius 1 is 1.11 bits per heavy atom. The number of H-pyrrole nitrogens is 1. The van der Waals surface area contributed by atoms with E-state index in [9.17, 15) is 4.79 Å². The molecule has 0 spiro atoms. The van der Waals surface area contributed by atoms with Crippen LogP contribution in [0.3, 0.4) is 0 Å². The van der Waals surface area contributed by atoms with Crippen LogP contribution < -0.4 is 10.5 Å². The van der Waals surface area contributed by atoms with Crippen molar-refractivity contribution >= 4 is 32.3 Å². The van der Waals surface area contributed by atoms with Crippen LogP contribution in [0.2, 0.25) is 0 Å². The highest BCUT2D eigenvalue weighted by molar-refractivity contribution is 7.21. The van der Waals surface area contributed by atoms with Crippen molar-refractivity contribution < 1.29 is 0 Å². The molecule has 1 saturated heterocycles. The number of hydrogen-bond acceptors (Lipinski definition) is 8. The van der Waals surface area contributed by atoms with Crippen molar-refractivity contribution in [1.82, 2.24) is 34.4 Å². The molecule has 0 radical (unpaired) electrons. The van der Waals surface area contributed by atoms with Crippen LogP contribution in [0.1, 0.15) is 11.4 Å². The van der Waals surface area contributed by atoms with Gasteiger partial charge in [0, 0.05) is 26.2 Å². The van der Waals surface area contributed by atoms with Gasteiger partial charge in [-0.15, -0.1) is 0 Å². The summed E-state index contributed by atoms with van der Waals surface area (Å²) < 4.78 is 1.78. The monoisotopic (exact) mass is 396 g/mol. The predicted molar refractivity (Wildman–Crippen MR) is 109 cm³/mol. The summed E-state index contributed by atoms with van der Waals surface area (Å²) in [4.78, 5) is 34.3. The Morgan fingerprint density at radius 2 is 1.89 bits per heavy atom. The molecule has 0 aromatic carbocycles. The number of nitrogens with one attached hydrogen (secondary N) is 1. The molecule has 0 atom stereocenters. The number of rotatable bonds is 2. The summed E-state index contributed by atoms with van der Waals surface area (Å²) in [6, 6.07) is 1.90. The van der Waals surface area contributed by atoms with Crippen LogP contribution in [0.15, 0.2) is 17.1 Å². The first kappa shape index (κ1) is 17.3. The van der Waals surface area contributed by atoms with Crippen LogP contribution in [0.25, 0.3) is 27.4 Å². The minimum absolute atomic E-state index is 0.236. The Labute approximate surface area is 164 Å². The molecule has 4 aromatic rings. The van der Waals surface area contributed by atoms with E-state index in [0.29, 0.717) is 21.9 Å². The molecule has 0 bridgehead atoms. The van der Waals surface area contributed by atoms with Crippen molar-refractivity contribution in [2.45, 2.75) is 13.8 Å². The summed E-state index contributed by atoms with van der Waals surface area (Å²) in [5.74, 6) is 0.451. The second-order valence-electron chi connectivity index (χ2n) is 7.18. The fraction of sp³-hybridized carbons (Fsp3) is 0.389. The smallest absolute Gasteiger partial charge is 0.278 e. The average Bonchev–Trinajstić information content (AvgIpc) is 3.27. The third kappa shape index (κ3) is 2.85. The summed E-state index contributed by atoms with van der Waals surface area (Å²) in [6.07, 6.45) is 1.86. The fourth-order valence-electron chi connectivity index (χ4n) is 3.48. The summed E-state index contributed by atoms with van der Waals surface area (Å²) >= 11 is 1.46. The fourth-order valence-corrected chi connectivity index (χ4v) is 4.48. The van der Waals surface area contributed by atoms with Crippen molar-refractivity contribution in [3.63, 3.8) is 0 Å². The second kappa shape index (κ2) is 6.35. The number of hydrogen-bond donors (Lipinski definition) is 1. The molecule has 5 rings (SSSR count). The first-order chi connectivity index (χ1) is 13.5. The van der Waals surface area contributed by atoms with E-state index in [1.165, 1.54) is 11.3 Å². The summed E-state index contributed by atoms with van der Waals surface area (Å²) in [7, 11) is 2.11. The van der Waals surface area contributed by atoms with Crippen molar-refractivity contribution in [2.75, 3.05) is 38.1 Å². The van der Waals surface area contributed by atoms with Gasteiger partial charge in [0.05, 0.1) is 23.1 Å². The molecule has 0 saturated carbocycles. The zero-order chi connectivity index (χ0) is 19.4. The number of thiazole rings is 1. The second-order valence-corrected chi connectivity index (χ2v) is 8.14. The van der Waals surface area contributed by atoms with Crippen molar-refractivity contribution in [2.24, 2.45) is 0 Å². The zero-order valence-corrected chi connectivity index (χ0v) is 16.7. The molecule has 0 unspecified atom stereocenters. The number of piperazine rings is 1. The lowest BCUT2D eigenvalue weighted by Crippen LogP contribution is -2.44. The van der Waals surface area contributed by atoms with Crippen molar-refractivity contribution in [3.8, 4) is 11.5 Å². The van der Waals surface area contributed by atoms with Gasteiger partial charge in [0.25, 0.3) is 5.56 Å². The maximum absolute atomic E-state index is 12.6. The van der Waals surface area contributed by atoms with Gasteiger partial charge < -0.3 is 14.8 Å². The molecule has 5 heterocycles. The highest BCUT2D eigenvalue weighted by atomic mass is 32.1. The van der Waals surface area contributed by atoms with E-state index >= 15 is 0 Å². The molecular weight excluding hydrogens is 376 g/mol.